The quantitative estimate of drug-likeness (QED) is 0.913. The minimum absolute atomic E-state index is 0.0729. The summed E-state index contributed by atoms with van der Waals surface area (Å²) in [7, 11) is 0. The van der Waals surface area contributed by atoms with E-state index in [0.29, 0.717) is 19.0 Å². The Kier molecular flexibility index (Phi) is 3.90. The van der Waals surface area contributed by atoms with Gasteiger partial charge in [-0.2, -0.15) is 0 Å². The average Bonchev–Trinajstić information content (AvgIpc) is 2.97. The van der Waals surface area contributed by atoms with Crippen molar-refractivity contribution in [3.63, 3.8) is 0 Å². The second-order valence-corrected chi connectivity index (χ2v) is 5.27. The van der Waals surface area contributed by atoms with E-state index >= 15 is 0 Å². The van der Waals surface area contributed by atoms with Crippen molar-refractivity contribution in [2.45, 2.75) is 13.0 Å². The molecule has 1 aromatic carbocycles. The molecule has 1 amide bonds. The summed E-state index contributed by atoms with van der Waals surface area (Å²) in [6, 6.07) is 7.80. The Labute approximate surface area is 123 Å². The van der Waals surface area contributed by atoms with Gasteiger partial charge in [-0.05, 0) is 19.1 Å². The summed E-state index contributed by atoms with van der Waals surface area (Å²) in [5.41, 5.74) is 1.67. The number of carbonyl (C=O) groups is 1. The molecule has 3 rings (SSSR count). The molecule has 1 fully saturated rings. The van der Waals surface area contributed by atoms with E-state index < -0.39 is 6.61 Å². The standard InChI is InChI=1S/C15H19N3O3/c1-11(15-16-12-4-2-3-5-13(12)21-15)17-6-8-18(9-7-17)14(20)10-19/h2-5,11,19H,6-10H2,1H3. The molecule has 0 radical (unpaired) electrons. The molecule has 2 heterocycles. The Morgan fingerprint density at radius 1 is 1.33 bits per heavy atom. The van der Waals surface area contributed by atoms with Gasteiger partial charge < -0.3 is 14.4 Å². The number of hydrogen-bond donors (Lipinski definition) is 1. The summed E-state index contributed by atoms with van der Waals surface area (Å²) in [5, 5.41) is 8.89. The zero-order valence-electron chi connectivity index (χ0n) is 12.0. The minimum Gasteiger partial charge on any atom is -0.439 e. The highest BCUT2D eigenvalue weighted by atomic mass is 16.3. The van der Waals surface area contributed by atoms with E-state index in [9.17, 15) is 4.79 Å². The van der Waals surface area contributed by atoms with E-state index in [1.165, 1.54) is 0 Å². The molecular weight excluding hydrogens is 270 g/mol. The number of amides is 1. The van der Waals surface area contributed by atoms with E-state index in [-0.39, 0.29) is 11.9 Å². The zero-order valence-corrected chi connectivity index (χ0v) is 12.0. The second-order valence-electron chi connectivity index (χ2n) is 5.27. The Hall–Kier alpha value is -1.92. The SMILES string of the molecule is CC(c1nc2ccccc2o1)N1CCN(C(=O)CO)CC1. The van der Waals surface area contributed by atoms with Crippen molar-refractivity contribution in [2.75, 3.05) is 32.8 Å². The molecule has 1 aliphatic rings. The van der Waals surface area contributed by atoms with Crippen molar-refractivity contribution < 1.29 is 14.3 Å². The molecule has 21 heavy (non-hydrogen) atoms. The normalized spacial score (nSPS) is 18.1. The number of aromatic nitrogens is 1. The van der Waals surface area contributed by atoms with Gasteiger partial charge in [0.25, 0.3) is 0 Å². The van der Waals surface area contributed by atoms with E-state index in [2.05, 4.69) is 16.8 Å². The van der Waals surface area contributed by atoms with Crippen LogP contribution in [0, 0.1) is 0 Å². The lowest BCUT2D eigenvalue weighted by atomic mass is 10.2. The highest BCUT2D eigenvalue weighted by Crippen LogP contribution is 2.24. The lowest BCUT2D eigenvalue weighted by molar-refractivity contribution is -0.136. The van der Waals surface area contributed by atoms with Crippen LogP contribution in [0.25, 0.3) is 11.1 Å². The van der Waals surface area contributed by atoms with E-state index in [1.807, 2.05) is 24.3 Å². The summed E-state index contributed by atoms with van der Waals surface area (Å²) in [5.74, 6) is 0.502. The Balaban J connectivity index is 1.68. The molecule has 112 valence electrons. The highest BCUT2D eigenvalue weighted by Gasteiger charge is 2.26. The Morgan fingerprint density at radius 2 is 2.05 bits per heavy atom. The number of para-hydroxylation sites is 2. The number of oxazole rings is 1. The molecule has 6 nitrogen and oxygen atoms in total. The van der Waals surface area contributed by atoms with Crippen LogP contribution in [-0.4, -0.2) is 58.6 Å². The van der Waals surface area contributed by atoms with Gasteiger partial charge in [0.2, 0.25) is 11.8 Å². The maximum Gasteiger partial charge on any atom is 0.248 e. The molecule has 2 aromatic rings. The first kappa shape index (κ1) is 14.0. The molecule has 1 unspecified atom stereocenters. The van der Waals surface area contributed by atoms with Crippen LogP contribution in [0.5, 0.6) is 0 Å². The number of piperazine rings is 1. The smallest absolute Gasteiger partial charge is 0.248 e. The molecule has 1 atom stereocenters. The number of benzene rings is 1. The molecule has 6 heteroatoms. The van der Waals surface area contributed by atoms with E-state index in [0.717, 1.165) is 24.2 Å². The van der Waals surface area contributed by atoms with Crippen LogP contribution in [0.2, 0.25) is 0 Å². The van der Waals surface area contributed by atoms with Crippen LogP contribution < -0.4 is 0 Å². The maximum absolute atomic E-state index is 11.5. The third-order valence-corrected chi connectivity index (χ3v) is 4.02. The Bertz CT molecular complexity index is 599. The molecule has 1 N–H and O–H groups in total. The van der Waals surface area contributed by atoms with Gasteiger partial charge in [0, 0.05) is 26.2 Å². The molecule has 1 saturated heterocycles. The highest BCUT2D eigenvalue weighted by molar-refractivity contribution is 5.77. The number of rotatable bonds is 3. The summed E-state index contributed by atoms with van der Waals surface area (Å²) >= 11 is 0. The minimum atomic E-state index is -0.416. The van der Waals surface area contributed by atoms with Crippen LogP contribution in [0.1, 0.15) is 18.9 Å². The van der Waals surface area contributed by atoms with Crippen molar-refractivity contribution in [1.29, 1.82) is 0 Å². The third kappa shape index (κ3) is 2.77. The van der Waals surface area contributed by atoms with Crippen LogP contribution in [0.4, 0.5) is 0 Å². The second kappa shape index (κ2) is 5.83. The van der Waals surface area contributed by atoms with Crippen molar-refractivity contribution >= 4 is 17.0 Å². The predicted molar refractivity (Wildman–Crippen MR) is 77.7 cm³/mol. The Morgan fingerprint density at radius 3 is 2.71 bits per heavy atom. The lowest BCUT2D eigenvalue weighted by Gasteiger charge is -2.36. The largest absolute Gasteiger partial charge is 0.439 e. The monoisotopic (exact) mass is 289 g/mol. The van der Waals surface area contributed by atoms with Crippen LogP contribution in [0.15, 0.2) is 28.7 Å². The first-order chi connectivity index (χ1) is 10.2. The van der Waals surface area contributed by atoms with Gasteiger partial charge in [0.05, 0.1) is 6.04 Å². The van der Waals surface area contributed by atoms with Crippen LogP contribution in [-0.2, 0) is 4.79 Å². The summed E-state index contributed by atoms with van der Waals surface area (Å²) < 4.78 is 5.81. The van der Waals surface area contributed by atoms with Gasteiger partial charge >= 0.3 is 0 Å². The van der Waals surface area contributed by atoms with Gasteiger partial charge in [0.15, 0.2) is 5.58 Å². The first-order valence-corrected chi connectivity index (χ1v) is 7.17. The molecule has 0 saturated carbocycles. The van der Waals surface area contributed by atoms with Crippen LogP contribution in [0.3, 0.4) is 0 Å². The average molecular weight is 289 g/mol. The maximum atomic E-state index is 11.5. The van der Waals surface area contributed by atoms with Crippen molar-refractivity contribution in [1.82, 2.24) is 14.8 Å². The fourth-order valence-electron chi connectivity index (χ4n) is 2.68. The number of carbonyl (C=O) groups excluding carboxylic acids is 1. The number of aliphatic hydroxyl groups excluding tert-OH is 1. The molecule has 0 aliphatic carbocycles. The zero-order chi connectivity index (χ0) is 14.8. The summed E-state index contributed by atoms with van der Waals surface area (Å²) in [4.78, 5) is 19.9. The van der Waals surface area contributed by atoms with E-state index in [1.54, 1.807) is 4.90 Å². The molecule has 1 aromatic heterocycles. The topological polar surface area (TPSA) is 69.8 Å². The van der Waals surface area contributed by atoms with Crippen molar-refractivity contribution in [2.24, 2.45) is 0 Å². The summed E-state index contributed by atoms with van der Waals surface area (Å²) in [6.07, 6.45) is 0. The van der Waals surface area contributed by atoms with Crippen LogP contribution >= 0.6 is 0 Å². The molecule has 0 spiro atoms. The fraction of sp³-hybridized carbons (Fsp3) is 0.467. The molecular formula is C15H19N3O3. The third-order valence-electron chi connectivity index (χ3n) is 4.02. The number of aliphatic hydroxyl groups is 1. The summed E-state index contributed by atoms with van der Waals surface area (Å²) in [6.45, 7) is 4.42. The van der Waals surface area contributed by atoms with Gasteiger partial charge in [-0.1, -0.05) is 12.1 Å². The first-order valence-electron chi connectivity index (χ1n) is 7.17. The lowest BCUT2D eigenvalue weighted by Crippen LogP contribution is -2.50. The van der Waals surface area contributed by atoms with Gasteiger partial charge in [-0.3, -0.25) is 9.69 Å². The fourth-order valence-corrected chi connectivity index (χ4v) is 2.68. The van der Waals surface area contributed by atoms with Gasteiger partial charge in [-0.25, -0.2) is 4.98 Å². The van der Waals surface area contributed by atoms with Crippen molar-refractivity contribution in [3.8, 4) is 0 Å². The predicted octanol–water partition coefficient (Wildman–Crippen LogP) is 1.03. The molecule has 0 bridgehead atoms. The van der Waals surface area contributed by atoms with Gasteiger partial charge in [0.1, 0.15) is 12.1 Å². The number of nitrogens with zero attached hydrogens (tertiary/aromatic N) is 3. The number of fused-ring (bicyclic) bond motifs is 1. The van der Waals surface area contributed by atoms with Crippen molar-refractivity contribution in [3.05, 3.63) is 30.2 Å². The van der Waals surface area contributed by atoms with E-state index in [4.69, 9.17) is 9.52 Å². The van der Waals surface area contributed by atoms with Gasteiger partial charge in [-0.15, -0.1) is 0 Å². The number of hydrogen-bond acceptors (Lipinski definition) is 5. The molecule has 1 aliphatic heterocycles.